The van der Waals surface area contributed by atoms with E-state index in [9.17, 15) is 14.4 Å². The molecular weight excluding hydrogens is 384 g/mol. The third kappa shape index (κ3) is 4.06. The molecule has 160 valence electrons. The van der Waals surface area contributed by atoms with Gasteiger partial charge in [0.15, 0.2) is 6.10 Å². The van der Waals surface area contributed by atoms with E-state index >= 15 is 0 Å². The van der Waals surface area contributed by atoms with Gasteiger partial charge in [-0.25, -0.2) is 4.79 Å². The van der Waals surface area contributed by atoms with Crippen molar-refractivity contribution in [2.75, 3.05) is 19.6 Å². The standard InChI is InChI=1S/C23H28N2O5/c1-3-16-12-22(27)30-20-13-18(8-9-19(16)20)29-15(2)23(28)24-10-11-25(21(26)14-24)17-6-4-5-7-17/h8-9,12-13,15,17H,3-7,10-11,14H2,1-2H3. The van der Waals surface area contributed by atoms with Crippen LogP contribution in [0, 0.1) is 0 Å². The smallest absolute Gasteiger partial charge is 0.336 e. The molecule has 1 aliphatic heterocycles. The van der Waals surface area contributed by atoms with Crippen LogP contribution in [0.3, 0.4) is 0 Å². The fraction of sp³-hybridized carbons (Fsp3) is 0.522. The maximum atomic E-state index is 12.9. The van der Waals surface area contributed by atoms with Crippen molar-refractivity contribution in [3.8, 4) is 5.75 Å². The normalized spacial score (nSPS) is 18.8. The third-order valence-electron chi connectivity index (χ3n) is 6.18. The highest BCUT2D eigenvalue weighted by atomic mass is 16.5. The zero-order valence-electron chi connectivity index (χ0n) is 17.6. The van der Waals surface area contributed by atoms with E-state index in [1.807, 2.05) is 17.9 Å². The SMILES string of the molecule is CCc1cc(=O)oc2cc(OC(C)C(=O)N3CCN(C4CCCC4)C(=O)C3)ccc12. The molecule has 2 heterocycles. The van der Waals surface area contributed by atoms with Gasteiger partial charge in [0.05, 0.1) is 6.54 Å². The lowest BCUT2D eigenvalue weighted by molar-refractivity contribution is -0.150. The molecule has 7 heteroatoms. The average molecular weight is 412 g/mol. The number of carbonyl (C=O) groups excluding carboxylic acids is 2. The number of fused-ring (bicyclic) bond motifs is 1. The van der Waals surface area contributed by atoms with E-state index in [-0.39, 0.29) is 18.4 Å². The lowest BCUT2D eigenvalue weighted by Crippen LogP contribution is -2.56. The van der Waals surface area contributed by atoms with Crippen LogP contribution in [-0.2, 0) is 16.0 Å². The Morgan fingerprint density at radius 2 is 1.97 bits per heavy atom. The molecule has 1 aromatic heterocycles. The number of rotatable bonds is 5. The van der Waals surface area contributed by atoms with Gasteiger partial charge in [-0.15, -0.1) is 0 Å². The monoisotopic (exact) mass is 412 g/mol. The molecule has 0 spiro atoms. The first-order valence-corrected chi connectivity index (χ1v) is 10.8. The van der Waals surface area contributed by atoms with E-state index in [0.717, 1.165) is 30.2 Å². The molecular formula is C23H28N2O5. The van der Waals surface area contributed by atoms with E-state index in [1.165, 1.54) is 18.9 Å². The Labute approximate surface area is 175 Å². The van der Waals surface area contributed by atoms with Gasteiger partial charge in [0.2, 0.25) is 5.91 Å². The van der Waals surface area contributed by atoms with Crippen molar-refractivity contribution >= 4 is 22.8 Å². The van der Waals surface area contributed by atoms with Crippen molar-refractivity contribution < 1.29 is 18.7 Å². The summed E-state index contributed by atoms with van der Waals surface area (Å²) in [5, 5.41) is 0.858. The Hall–Kier alpha value is -2.83. The summed E-state index contributed by atoms with van der Waals surface area (Å²) >= 11 is 0. The molecule has 7 nitrogen and oxygen atoms in total. The van der Waals surface area contributed by atoms with Crippen molar-refractivity contribution in [1.29, 1.82) is 0 Å². The Balaban J connectivity index is 1.42. The second-order valence-corrected chi connectivity index (χ2v) is 8.15. The first-order chi connectivity index (χ1) is 14.5. The predicted molar refractivity (Wildman–Crippen MR) is 113 cm³/mol. The van der Waals surface area contributed by atoms with E-state index in [1.54, 1.807) is 24.0 Å². The fourth-order valence-electron chi connectivity index (χ4n) is 4.56. The molecule has 0 bridgehead atoms. The van der Waals surface area contributed by atoms with Crippen LogP contribution in [0.4, 0.5) is 0 Å². The predicted octanol–water partition coefficient (Wildman–Crippen LogP) is 2.74. The van der Waals surface area contributed by atoms with Gasteiger partial charge in [0.1, 0.15) is 11.3 Å². The number of ether oxygens (including phenoxy) is 1. The summed E-state index contributed by atoms with van der Waals surface area (Å²) < 4.78 is 11.1. The van der Waals surface area contributed by atoms with E-state index in [4.69, 9.17) is 9.15 Å². The van der Waals surface area contributed by atoms with Gasteiger partial charge in [-0.2, -0.15) is 0 Å². The minimum absolute atomic E-state index is 0.0216. The van der Waals surface area contributed by atoms with Gasteiger partial charge in [-0.05, 0) is 43.9 Å². The van der Waals surface area contributed by atoms with Crippen LogP contribution >= 0.6 is 0 Å². The Morgan fingerprint density at radius 3 is 2.67 bits per heavy atom. The minimum Gasteiger partial charge on any atom is -0.481 e. The van der Waals surface area contributed by atoms with Crippen molar-refractivity contribution in [1.82, 2.24) is 9.80 Å². The summed E-state index contributed by atoms with van der Waals surface area (Å²) in [4.78, 5) is 40.7. The molecule has 2 fully saturated rings. The lowest BCUT2D eigenvalue weighted by atomic mass is 10.1. The summed E-state index contributed by atoms with van der Waals surface area (Å²) in [5.74, 6) is 0.266. The molecule has 1 saturated carbocycles. The Morgan fingerprint density at radius 1 is 1.20 bits per heavy atom. The van der Waals surface area contributed by atoms with Crippen LogP contribution in [0.5, 0.6) is 5.75 Å². The number of amides is 2. The summed E-state index contributed by atoms with van der Waals surface area (Å²) in [6.07, 6.45) is 4.46. The number of hydrogen-bond acceptors (Lipinski definition) is 5. The van der Waals surface area contributed by atoms with Crippen molar-refractivity contribution in [3.05, 3.63) is 40.2 Å². The van der Waals surface area contributed by atoms with Crippen LogP contribution < -0.4 is 10.4 Å². The molecule has 30 heavy (non-hydrogen) atoms. The molecule has 4 rings (SSSR count). The summed E-state index contributed by atoms with van der Waals surface area (Å²) in [6, 6.07) is 7.09. The van der Waals surface area contributed by atoms with Crippen LogP contribution in [0.1, 0.15) is 45.1 Å². The quantitative estimate of drug-likeness (QED) is 0.706. The van der Waals surface area contributed by atoms with Crippen LogP contribution in [0.15, 0.2) is 33.5 Å². The van der Waals surface area contributed by atoms with Gasteiger partial charge in [-0.3, -0.25) is 9.59 Å². The highest BCUT2D eigenvalue weighted by Crippen LogP contribution is 2.26. The number of piperazine rings is 1. The van der Waals surface area contributed by atoms with Gasteiger partial charge in [0, 0.05) is 36.7 Å². The zero-order chi connectivity index (χ0) is 21.3. The second kappa shape index (κ2) is 8.50. The van der Waals surface area contributed by atoms with Gasteiger partial charge >= 0.3 is 5.63 Å². The highest BCUT2D eigenvalue weighted by molar-refractivity contribution is 5.88. The first-order valence-electron chi connectivity index (χ1n) is 10.8. The molecule has 1 saturated heterocycles. The van der Waals surface area contributed by atoms with Gasteiger partial charge in [-0.1, -0.05) is 19.8 Å². The lowest BCUT2D eigenvalue weighted by Gasteiger charge is -2.38. The molecule has 2 aliphatic rings. The minimum atomic E-state index is -0.741. The number of benzene rings is 1. The zero-order valence-corrected chi connectivity index (χ0v) is 17.6. The topological polar surface area (TPSA) is 80.1 Å². The molecule has 0 radical (unpaired) electrons. The molecule has 1 aliphatic carbocycles. The molecule has 2 aromatic rings. The Kier molecular flexibility index (Phi) is 5.79. The molecule has 2 amide bonds. The number of aryl methyl sites for hydroxylation is 1. The van der Waals surface area contributed by atoms with Crippen LogP contribution in [-0.4, -0.2) is 53.4 Å². The van der Waals surface area contributed by atoms with Crippen molar-refractivity contribution in [2.45, 2.75) is 58.1 Å². The number of carbonyl (C=O) groups is 2. The highest BCUT2D eigenvalue weighted by Gasteiger charge is 2.34. The summed E-state index contributed by atoms with van der Waals surface area (Å²) in [7, 11) is 0. The second-order valence-electron chi connectivity index (χ2n) is 8.15. The third-order valence-corrected chi connectivity index (χ3v) is 6.18. The molecule has 1 atom stereocenters. The van der Waals surface area contributed by atoms with Gasteiger partial charge < -0.3 is 19.0 Å². The fourth-order valence-corrected chi connectivity index (χ4v) is 4.56. The largest absolute Gasteiger partial charge is 0.481 e. The molecule has 0 N–H and O–H groups in total. The Bertz CT molecular complexity index is 1010. The van der Waals surface area contributed by atoms with Gasteiger partial charge in [0.25, 0.3) is 5.91 Å². The number of nitrogens with zero attached hydrogens (tertiary/aromatic N) is 2. The summed E-state index contributed by atoms with van der Waals surface area (Å²) in [5.41, 5.74) is 0.951. The summed E-state index contributed by atoms with van der Waals surface area (Å²) in [6.45, 7) is 4.88. The van der Waals surface area contributed by atoms with E-state index in [2.05, 4.69) is 0 Å². The maximum absolute atomic E-state index is 12.9. The maximum Gasteiger partial charge on any atom is 0.336 e. The van der Waals surface area contributed by atoms with Crippen molar-refractivity contribution in [3.63, 3.8) is 0 Å². The molecule has 1 unspecified atom stereocenters. The first kappa shape index (κ1) is 20.4. The van der Waals surface area contributed by atoms with E-state index < -0.39 is 11.7 Å². The number of hydrogen-bond donors (Lipinski definition) is 0. The van der Waals surface area contributed by atoms with Crippen molar-refractivity contribution in [2.24, 2.45) is 0 Å². The average Bonchev–Trinajstić information content (AvgIpc) is 3.26. The van der Waals surface area contributed by atoms with Crippen LogP contribution in [0.2, 0.25) is 0 Å². The molecule has 1 aromatic carbocycles. The van der Waals surface area contributed by atoms with E-state index in [0.29, 0.717) is 30.5 Å². The van der Waals surface area contributed by atoms with Crippen LogP contribution in [0.25, 0.3) is 11.0 Å².